The minimum Gasteiger partial charge on any atom is -0.472 e. The third-order valence-corrected chi connectivity index (χ3v) is 1.50. The van der Waals surface area contributed by atoms with Gasteiger partial charge in [-0.2, -0.15) is 0 Å². The standard InChI is InChI=1S/C8H9F2N3O2/c9-6(10)4-15-7-3-5(1-2-12-7)8(11)13-14/h1-3,6,14H,4H2,(H2,11,13). The lowest BCUT2D eigenvalue weighted by atomic mass is 10.2. The summed E-state index contributed by atoms with van der Waals surface area (Å²) in [4.78, 5) is 3.68. The van der Waals surface area contributed by atoms with Crippen LogP contribution in [0.15, 0.2) is 23.5 Å². The molecule has 5 nitrogen and oxygen atoms in total. The summed E-state index contributed by atoms with van der Waals surface area (Å²) < 4.78 is 28.3. The molecule has 0 bridgehead atoms. The second-order valence-electron chi connectivity index (χ2n) is 2.57. The van der Waals surface area contributed by atoms with Crippen molar-refractivity contribution in [3.05, 3.63) is 23.9 Å². The Labute approximate surface area is 84.2 Å². The number of oxime groups is 1. The Morgan fingerprint density at radius 3 is 3.00 bits per heavy atom. The lowest BCUT2D eigenvalue weighted by Gasteiger charge is -2.05. The number of ether oxygens (including phenoxy) is 1. The van der Waals surface area contributed by atoms with Crippen LogP contribution in [0.5, 0.6) is 5.88 Å². The Bertz CT molecular complexity index is 357. The predicted molar refractivity (Wildman–Crippen MR) is 48.2 cm³/mol. The van der Waals surface area contributed by atoms with Gasteiger partial charge in [-0.1, -0.05) is 5.16 Å². The fourth-order valence-electron chi connectivity index (χ4n) is 0.854. The Morgan fingerprint density at radius 1 is 1.67 bits per heavy atom. The van der Waals surface area contributed by atoms with Crippen LogP contribution in [0.4, 0.5) is 8.78 Å². The Morgan fingerprint density at radius 2 is 2.40 bits per heavy atom. The fourth-order valence-corrected chi connectivity index (χ4v) is 0.854. The van der Waals surface area contributed by atoms with Crippen molar-refractivity contribution in [2.45, 2.75) is 6.43 Å². The molecule has 0 unspecified atom stereocenters. The van der Waals surface area contributed by atoms with Gasteiger partial charge in [0.2, 0.25) is 5.88 Å². The van der Waals surface area contributed by atoms with Gasteiger partial charge in [-0.15, -0.1) is 0 Å². The average Bonchev–Trinajstić information content (AvgIpc) is 2.25. The van der Waals surface area contributed by atoms with Gasteiger partial charge in [-0.25, -0.2) is 13.8 Å². The number of rotatable bonds is 4. The smallest absolute Gasteiger partial charge is 0.272 e. The second-order valence-corrected chi connectivity index (χ2v) is 2.57. The van der Waals surface area contributed by atoms with Crippen LogP contribution >= 0.6 is 0 Å². The molecule has 0 aromatic carbocycles. The van der Waals surface area contributed by atoms with Gasteiger partial charge in [0.05, 0.1) is 0 Å². The number of hydrogen-bond acceptors (Lipinski definition) is 4. The minimum absolute atomic E-state index is 0.000556. The number of halogens is 2. The first kappa shape index (κ1) is 11.2. The molecule has 0 fully saturated rings. The third kappa shape index (κ3) is 3.37. The molecule has 0 saturated heterocycles. The molecule has 0 aliphatic heterocycles. The molecule has 0 saturated carbocycles. The Kier molecular flexibility index (Phi) is 3.78. The van der Waals surface area contributed by atoms with Crippen LogP contribution in [0.2, 0.25) is 0 Å². The summed E-state index contributed by atoms with van der Waals surface area (Å²) >= 11 is 0. The molecule has 1 heterocycles. The maximum atomic E-state index is 11.8. The first-order valence-corrected chi connectivity index (χ1v) is 3.98. The molecule has 0 radical (unpaired) electrons. The van der Waals surface area contributed by atoms with E-state index >= 15 is 0 Å². The van der Waals surface area contributed by atoms with Gasteiger partial charge in [0.1, 0.15) is 0 Å². The number of aromatic nitrogens is 1. The van der Waals surface area contributed by atoms with Crippen LogP contribution in [-0.4, -0.2) is 29.1 Å². The Balaban J connectivity index is 2.74. The highest BCUT2D eigenvalue weighted by Crippen LogP contribution is 2.10. The average molecular weight is 217 g/mol. The maximum Gasteiger partial charge on any atom is 0.272 e. The number of nitrogens with two attached hydrogens (primary N) is 1. The third-order valence-electron chi connectivity index (χ3n) is 1.50. The van der Waals surface area contributed by atoms with Gasteiger partial charge < -0.3 is 15.7 Å². The molecule has 0 spiro atoms. The van der Waals surface area contributed by atoms with Crippen LogP contribution in [0.3, 0.4) is 0 Å². The monoisotopic (exact) mass is 217 g/mol. The summed E-state index contributed by atoms with van der Waals surface area (Å²) in [6.45, 7) is -0.743. The molecule has 1 aromatic heterocycles. The van der Waals surface area contributed by atoms with E-state index in [0.29, 0.717) is 5.56 Å². The van der Waals surface area contributed by atoms with E-state index in [4.69, 9.17) is 10.9 Å². The SMILES string of the molecule is N/C(=N\O)c1ccnc(OCC(F)F)c1. The van der Waals surface area contributed by atoms with E-state index in [2.05, 4.69) is 14.9 Å². The minimum atomic E-state index is -2.57. The van der Waals surface area contributed by atoms with Gasteiger partial charge in [0, 0.05) is 17.8 Å². The topological polar surface area (TPSA) is 80.7 Å². The number of alkyl halides is 2. The van der Waals surface area contributed by atoms with Crippen molar-refractivity contribution in [3.63, 3.8) is 0 Å². The molecule has 15 heavy (non-hydrogen) atoms. The molecule has 0 amide bonds. The fraction of sp³-hybridized carbons (Fsp3) is 0.250. The molecule has 7 heteroatoms. The van der Waals surface area contributed by atoms with E-state index in [1.807, 2.05) is 0 Å². The Hall–Kier alpha value is -1.92. The first-order valence-electron chi connectivity index (χ1n) is 3.98. The zero-order valence-corrected chi connectivity index (χ0v) is 7.60. The van der Waals surface area contributed by atoms with E-state index in [-0.39, 0.29) is 11.7 Å². The summed E-state index contributed by atoms with van der Waals surface area (Å²) in [5, 5.41) is 11.1. The first-order chi connectivity index (χ1) is 7.13. The number of nitrogens with zero attached hydrogens (tertiary/aromatic N) is 2. The van der Waals surface area contributed by atoms with Crippen LogP contribution in [0.25, 0.3) is 0 Å². The van der Waals surface area contributed by atoms with Crippen molar-refractivity contribution < 1.29 is 18.7 Å². The summed E-state index contributed by atoms with van der Waals surface area (Å²) in [5.74, 6) is -0.140. The summed E-state index contributed by atoms with van der Waals surface area (Å²) in [5.41, 5.74) is 5.63. The number of pyridine rings is 1. The van der Waals surface area contributed by atoms with Crippen molar-refractivity contribution in [2.24, 2.45) is 10.9 Å². The highest BCUT2D eigenvalue weighted by Gasteiger charge is 2.06. The van der Waals surface area contributed by atoms with E-state index < -0.39 is 13.0 Å². The molecule has 0 atom stereocenters. The zero-order chi connectivity index (χ0) is 11.3. The number of amidine groups is 1. The van der Waals surface area contributed by atoms with Gasteiger partial charge in [-0.05, 0) is 6.07 Å². The van der Waals surface area contributed by atoms with Crippen LogP contribution in [0, 0.1) is 0 Å². The molecule has 0 aliphatic rings. The van der Waals surface area contributed by atoms with Crippen LogP contribution in [0.1, 0.15) is 5.56 Å². The van der Waals surface area contributed by atoms with Gasteiger partial charge in [0.15, 0.2) is 12.4 Å². The lowest BCUT2D eigenvalue weighted by molar-refractivity contribution is 0.0796. The molecule has 0 aliphatic carbocycles. The van der Waals surface area contributed by atoms with E-state index in [9.17, 15) is 8.78 Å². The van der Waals surface area contributed by atoms with Crippen molar-refractivity contribution in [2.75, 3.05) is 6.61 Å². The summed E-state index contributed by atoms with van der Waals surface area (Å²) in [6, 6.07) is 2.77. The number of hydrogen-bond donors (Lipinski definition) is 2. The molecule has 3 N–H and O–H groups in total. The van der Waals surface area contributed by atoms with Crippen molar-refractivity contribution in [3.8, 4) is 5.88 Å². The van der Waals surface area contributed by atoms with Gasteiger partial charge in [0.25, 0.3) is 6.43 Å². The maximum absolute atomic E-state index is 11.8. The summed E-state index contributed by atoms with van der Waals surface area (Å²) in [6.07, 6.45) is -1.26. The van der Waals surface area contributed by atoms with Gasteiger partial charge in [-0.3, -0.25) is 0 Å². The van der Waals surface area contributed by atoms with Crippen molar-refractivity contribution in [1.82, 2.24) is 4.98 Å². The van der Waals surface area contributed by atoms with Crippen molar-refractivity contribution >= 4 is 5.84 Å². The largest absolute Gasteiger partial charge is 0.472 e. The van der Waals surface area contributed by atoms with Gasteiger partial charge >= 0.3 is 0 Å². The normalized spacial score (nSPS) is 11.8. The van der Waals surface area contributed by atoms with E-state index in [1.165, 1.54) is 18.3 Å². The molecule has 1 rings (SSSR count). The highest BCUT2D eigenvalue weighted by molar-refractivity contribution is 5.97. The van der Waals surface area contributed by atoms with E-state index in [0.717, 1.165) is 0 Å². The van der Waals surface area contributed by atoms with Crippen LogP contribution in [-0.2, 0) is 0 Å². The summed E-state index contributed by atoms with van der Waals surface area (Å²) in [7, 11) is 0. The van der Waals surface area contributed by atoms with Crippen LogP contribution < -0.4 is 10.5 Å². The predicted octanol–water partition coefficient (Wildman–Crippen LogP) is 0.820. The molecule has 82 valence electrons. The van der Waals surface area contributed by atoms with Crippen molar-refractivity contribution in [1.29, 1.82) is 0 Å². The zero-order valence-electron chi connectivity index (χ0n) is 7.60. The molecular formula is C8H9F2N3O2. The quantitative estimate of drug-likeness (QED) is 0.338. The highest BCUT2D eigenvalue weighted by atomic mass is 19.3. The molecular weight excluding hydrogens is 208 g/mol. The molecule has 1 aromatic rings. The second kappa shape index (κ2) is 5.08. The lowest BCUT2D eigenvalue weighted by Crippen LogP contribution is -2.14. The van der Waals surface area contributed by atoms with E-state index in [1.54, 1.807) is 0 Å².